The van der Waals surface area contributed by atoms with Crippen molar-refractivity contribution in [3.8, 4) is 0 Å². The number of hydrogen-bond donors (Lipinski definition) is 1. The van der Waals surface area contributed by atoms with Gasteiger partial charge in [0.15, 0.2) is 0 Å². The standard InChI is InChI=1S/C19H32N2/c1-16(2)20-14-19(4,18-8-6-5-7-9-18)15-21-12-10-17(3)11-13-21/h5-9,16-17,20H,10-15H2,1-4H3. The molecular weight excluding hydrogens is 256 g/mol. The highest BCUT2D eigenvalue weighted by Gasteiger charge is 2.30. The van der Waals surface area contributed by atoms with Gasteiger partial charge in [-0.05, 0) is 37.4 Å². The molecule has 1 N–H and O–H groups in total. The maximum Gasteiger partial charge on any atom is 0.0177 e. The van der Waals surface area contributed by atoms with Crippen LogP contribution in [0.25, 0.3) is 0 Å². The predicted molar refractivity (Wildman–Crippen MR) is 91.8 cm³/mol. The fourth-order valence-electron chi connectivity index (χ4n) is 3.23. The molecule has 1 aliphatic rings. The third-order valence-electron chi connectivity index (χ3n) is 4.82. The van der Waals surface area contributed by atoms with Crippen molar-refractivity contribution in [3.63, 3.8) is 0 Å². The van der Waals surface area contributed by atoms with Crippen molar-refractivity contribution in [2.75, 3.05) is 26.2 Å². The highest BCUT2D eigenvalue weighted by Crippen LogP contribution is 2.27. The molecule has 1 aromatic carbocycles. The van der Waals surface area contributed by atoms with Gasteiger partial charge in [0.2, 0.25) is 0 Å². The molecule has 1 aromatic rings. The molecule has 1 unspecified atom stereocenters. The van der Waals surface area contributed by atoms with Crippen molar-refractivity contribution in [1.82, 2.24) is 10.2 Å². The van der Waals surface area contributed by atoms with Crippen LogP contribution in [-0.2, 0) is 5.41 Å². The molecule has 1 atom stereocenters. The second-order valence-electron chi connectivity index (χ2n) is 7.42. The Labute approximate surface area is 130 Å². The lowest BCUT2D eigenvalue weighted by atomic mass is 9.81. The van der Waals surface area contributed by atoms with Crippen molar-refractivity contribution >= 4 is 0 Å². The Morgan fingerprint density at radius 2 is 1.81 bits per heavy atom. The smallest absolute Gasteiger partial charge is 0.0177 e. The molecule has 0 spiro atoms. The van der Waals surface area contributed by atoms with Gasteiger partial charge in [-0.2, -0.15) is 0 Å². The molecular formula is C19H32N2. The SMILES string of the molecule is CC1CCN(CC(C)(CNC(C)C)c2ccccc2)CC1. The fourth-order valence-corrected chi connectivity index (χ4v) is 3.23. The first-order valence-corrected chi connectivity index (χ1v) is 8.51. The van der Waals surface area contributed by atoms with Crippen LogP contribution in [0.3, 0.4) is 0 Å². The first kappa shape index (κ1) is 16.5. The third kappa shape index (κ3) is 4.82. The van der Waals surface area contributed by atoms with Crippen LogP contribution in [0.5, 0.6) is 0 Å². The van der Waals surface area contributed by atoms with Gasteiger partial charge in [-0.3, -0.25) is 0 Å². The lowest BCUT2D eigenvalue weighted by molar-refractivity contribution is 0.154. The number of hydrogen-bond acceptors (Lipinski definition) is 2. The summed E-state index contributed by atoms with van der Waals surface area (Å²) in [6, 6.07) is 11.6. The summed E-state index contributed by atoms with van der Waals surface area (Å²) in [5.74, 6) is 0.901. The monoisotopic (exact) mass is 288 g/mol. The molecule has 0 radical (unpaired) electrons. The predicted octanol–water partition coefficient (Wildman–Crippen LogP) is 3.67. The molecule has 0 amide bonds. The van der Waals surface area contributed by atoms with Crippen LogP contribution < -0.4 is 5.32 Å². The van der Waals surface area contributed by atoms with E-state index in [0.29, 0.717) is 6.04 Å². The van der Waals surface area contributed by atoms with Gasteiger partial charge in [0.25, 0.3) is 0 Å². The van der Waals surface area contributed by atoms with Gasteiger partial charge in [0.05, 0.1) is 0 Å². The molecule has 1 aliphatic heterocycles. The fraction of sp³-hybridized carbons (Fsp3) is 0.684. The molecule has 0 aliphatic carbocycles. The number of rotatable bonds is 6. The molecule has 2 rings (SSSR count). The molecule has 1 saturated heterocycles. The molecule has 1 fully saturated rings. The maximum absolute atomic E-state index is 3.66. The van der Waals surface area contributed by atoms with Gasteiger partial charge in [-0.25, -0.2) is 0 Å². The van der Waals surface area contributed by atoms with Gasteiger partial charge in [-0.15, -0.1) is 0 Å². The van der Waals surface area contributed by atoms with Crippen LogP contribution in [0.1, 0.15) is 46.1 Å². The zero-order valence-electron chi connectivity index (χ0n) is 14.2. The molecule has 0 saturated carbocycles. The number of piperidine rings is 1. The van der Waals surface area contributed by atoms with E-state index < -0.39 is 0 Å². The first-order chi connectivity index (χ1) is 9.99. The lowest BCUT2D eigenvalue weighted by Gasteiger charge is -2.39. The summed E-state index contributed by atoms with van der Waals surface area (Å²) in [7, 11) is 0. The highest BCUT2D eigenvalue weighted by molar-refractivity contribution is 5.25. The van der Waals surface area contributed by atoms with Crippen LogP contribution in [0.2, 0.25) is 0 Å². The molecule has 118 valence electrons. The van der Waals surface area contributed by atoms with E-state index in [1.807, 2.05) is 0 Å². The Kier molecular flexibility index (Phi) is 5.83. The van der Waals surface area contributed by atoms with Gasteiger partial charge in [0.1, 0.15) is 0 Å². The summed E-state index contributed by atoms with van der Waals surface area (Å²) in [6.45, 7) is 14.0. The number of nitrogens with zero attached hydrogens (tertiary/aromatic N) is 1. The van der Waals surface area contributed by atoms with Crippen molar-refractivity contribution < 1.29 is 0 Å². The van der Waals surface area contributed by atoms with Crippen molar-refractivity contribution in [2.24, 2.45) is 5.92 Å². The van der Waals surface area contributed by atoms with Gasteiger partial charge in [-0.1, -0.05) is 58.0 Å². The summed E-state index contributed by atoms with van der Waals surface area (Å²) in [5.41, 5.74) is 1.64. The summed E-state index contributed by atoms with van der Waals surface area (Å²) in [5, 5.41) is 3.66. The van der Waals surface area contributed by atoms with Gasteiger partial charge < -0.3 is 10.2 Å². The van der Waals surface area contributed by atoms with E-state index in [2.05, 4.69) is 68.2 Å². The molecule has 2 heteroatoms. The molecule has 0 bridgehead atoms. The van der Waals surface area contributed by atoms with Gasteiger partial charge >= 0.3 is 0 Å². The lowest BCUT2D eigenvalue weighted by Crippen LogP contribution is -2.48. The Hall–Kier alpha value is -0.860. The zero-order valence-corrected chi connectivity index (χ0v) is 14.2. The Morgan fingerprint density at radius 1 is 1.19 bits per heavy atom. The molecule has 2 nitrogen and oxygen atoms in total. The highest BCUT2D eigenvalue weighted by atomic mass is 15.1. The Balaban J connectivity index is 2.08. The van der Waals surface area contributed by atoms with Crippen molar-refractivity contribution in [3.05, 3.63) is 35.9 Å². The van der Waals surface area contributed by atoms with Crippen LogP contribution in [0, 0.1) is 5.92 Å². The van der Waals surface area contributed by atoms with Crippen molar-refractivity contribution in [2.45, 2.75) is 52.0 Å². The van der Waals surface area contributed by atoms with Gasteiger partial charge in [0, 0.05) is 24.5 Å². The van der Waals surface area contributed by atoms with E-state index in [1.54, 1.807) is 0 Å². The van der Waals surface area contributed by atoms with E-state index in [0.717, 1.165) is 19.0 Å². The average Bonchev–Trinajstić information content (AvgIpc) is 2.49. The number of likely N-dealkylation sites (tertiary alicyclic amines) is 1. The second kappa shape index (κ2) is 7.42. The van der Waals surface area contributed by atoms with Crippen LogP contribution >= 0.6 is 0 Å². The quantitative estimate of drug-likeness (QED) is 0.859. The number of benzene rings is 1. The Morgan fingerprint density at radius 3 is 2.38 bits per heavy atom. The third-order valence-corrected chi connectivity index (χ3v) is 4.82. The van der Waals surface area contributed by atoms with E-state index in [9.17, 15) is 0 Å². The molecule has 0 aromatic heterocycles. The van der Waals surface area contributed by atoms with Crippen LogP contribution in [0.4, 0.5) is 0 Å². The summed E-state index contributed by atoms with van der Waals surface area (Å²) in [6.07, 6.45) is 2.70. The summed E-state index contributed by atoms with van der Waals surface area (Å²) < 4.78 is 0. The van der Waals surface area contributed by atoms with Crippen LogP contribution in [-0.4, -0.2) is 37.1 Å². The van der Waals surface area contributed by atoms with E-state index in [4.69, 9.17) is 0 Å². The summed E-state index contributed by atoms with van der Waals surface area (Å²) >= 11 is 0. The molecule has 21 heavy (non-hydrogen) atoms. The van der Waals surface area contributed by atoms with E-state index in [1.165, 1.54) is 31.5 Å². The van der Waals surface area contributed by atoms with Crippen LogP contribution in [0.15, 0.2) is 30.3 Å². The minimum Gasteiger partial charge on any atom is -0.314 e. The van der Waals surface area contributed by atoms with E-state index in [-0.39, 0.29) is 5.41 Å². The minimum absolute atomic E-state index is 0.187. The molecule has 1 heterocycles. The van der Waals surface area contributed by atoms with Crippen molar-refractivity contribution in [1.29, 1.82) is 0 Å². The van der Waals surface area contributed by atoms with E-state index >= 15 is 0 Å². The second-order valence-corrected chi connectivity index (χ2v) is 7.42. The topological polar surface area (TPSA) is 15.3 Å². The largest absolute Gasteiger partial charge is 0.314 e. The Bertz CT molecular complexity index is 407. The normalized spacial score (nSPS) is 20.6. The summed E-state index contributed by atoms with van der Waals surface area (Å²) in [4.78, 5) is 2.66. The minimum atomic E-state index is 0.187. The number of nitrogens with one attached hydrogen (secondary N) is 1. The zero-order chi connectivity index (χ0) is 15.3. The maximum atomic E-state index is 3.66. The average molecular weight is 288 g/mol. The first-order valence-electron chi connectivity index (χ1n) is 8.51.